The second-order valence-electron chi connectivity index (χ2n) is 3.23. The van der Waals surface area contributed by atoms with Crippen molar-refractivity contribution >= 4 is 5.78 Å². The lowest BCUT2D eigenvalue weighted by Gasteiger charge is -2.39. The van der Waals surface area contributed by atoms with Crippen molar-refractivity contribution < 1.29 is 34.3 Å². The normalized spacial score (nSPS) is 35.5. The number of ketones is 1. The van der Waals surface area contributed by atoms with Crippen molar-refractivity contribution in [2.75, 3.05) is 20.8 Å². The Morgan fingerprint density at radius 2 is 2.07 bits per heavy atom. The third kappa shape index (κ3) is 2.17. The van der Waals surface area contributed by atoms with E-state index in [1.54, 1.807) is 0 Å². The molecule has 1 aliphatic heterocycles. The van der Waals surface area contributed by atoms with E-state index in [9.17, 15) is 20.1 Å². The highest BCUT2D eigenvalue weighted by Gasteiger charge is 2.54. The number of rotatable bonds is 3. The summed E-state index contributed by atoms with van der Waals surface area (Å²) in [5.41, 5.74) is 0. The van der Waals surface area contributed by atoms with Crippen LogP contribution in [0.15, 0.2) is 0 Å². The molecule has 1 rings (SSSR count). The molecule has 0 bridgehead atoms. The molecule has 7 nitrogen and oxygen atoms in total. The van der Waals surface area contributed by atoms with Gasteiger partial charge in [-0.25, -0.2) is 0 Å². The van der Waals surface area contributed by atoms with Gasteiger partial charge in [-0.1, -0.05) is 0 Å². The summed E-state index contributed by atoms with van der Waals surface area (Å²) in [5, 5.41) is 28.1. The molecule has 0 aliphatic carbocycles. The van der Waals surface area contributed by atoms with E-state index in [-0.39, 0.29) is 6.61 Å². The molecule has 0 unspecified atom stereocenters. The minimum atomic E-state index is -2.87. The lowest BCUT2D eigenvalue weighted by molar-refractivity contribution is -0.303. The number of aliphatic hydroxyl groups is 3. The van der Waals surface area contributed by atoms with Crippen LogP contribution in [0.2, 0.25) is 0 Å². The van der Waals surface area contributed by atoms with E-state index in [1.807, 2.05) is 0 Å². The maximum atomic E-state index is 11.3. The number of aliphatic hydroxyl groups excluding tert-OH is 1. The number of ether oxygens (including phenoxy) is 3. The molecule has 88 valence electrons. The Labute approximate surface area is 86.2 Å². The topological polar surface area (TPSA) is 105 Å². The smallest absolute Gasteiger partial charge is 0.259 e. The van der Waals surface area contributed by atoms with Gasteiger partial charge >= 0.3 is 0 Å². The Bertz CT molecular complexity index is 239. The molecule has 7 heteroatoms. The number of carbonyl (C=O) groups excluding carboxylic acids is 1. The Balaban J connectivity index is 2.85. The summed E-state index contributed by atoms with van der Waals surface area (Å²) in [7, 11) is 2.53. The first kappa shape index (κ1) is 12.5. The van der Waals surface area contributed by atoms with Gasteiger partial charge in [0.1, 0.15) is 12.2 Å². The second-order valence-corrected chi connectivity index (χ2v) is 3.23. The highest BCUT2D eigenvalue weighted by Crippen LogP contribution is 2.24. The lowest BCUT2D eigenvalue weighted by Crippen LogP contribution is -2.65. The first-order chi connectivity index (χ1) is 6.95. The van der Waals surface area contributed by atoms with Crippen LogP contribution in [0.1, 0.15) is 0 Å². The molecule has 0 radical (unpaired) electrons. The number of Topliss-reactive ketones (excluding diaryl/α,β-unsaturated/α-hetero) is 1. The fourth-order valence-electron chi connectivity index (χ4n) is 1.33. The van der Waals surface area contributed by atoms with Gasteiger partial charge in [0.2, 0.25) is 12.1 Å². The zero-order valence-corrected chi connectivity index (χ0v) is 8.41. The van der Waals surface area contributed by atoms with E-state index in [1.165, 1.54) is 14.2 Å². The third-order valence-electron chi connectivity index (χ3n) is 2.18. The fourth-order valence-corrected chi connectivity index (χ4v) is 1.33. The molecule has 0 aromatic heterocycles. The maximum Gasteiger partial charge on any atom is 0.259 e. The molecular formula is C8H14O7. The summed E-state index contributed by atoms with van der Waals surface area (Å²) >= 11 is 0. The van der Waals surface area contributed by atoms with Gasteiger partial charge < -0.3 is 29.5 Å². The number of hydrogen-bond acceptors (Lipinski definition) is 7. The van der Waals surface area contributed by atoms with Gasteiger partial charge in [0, 0.05) is 14.2 Å². The van der Waals surface area contributed by atoms with Crippen molar-refractivity contribution in [1.82, 2.24) is 0 Å². The summed E-state index contributed by atoms with van der Waals surface area (Å²) in [6, 6.07) is 0. The Morgan fingerprint density at radius 1 is 1.47 bits per heavy atom. The molecule has 0 amide bonds. The zero-order valence-electron chi connectivity index (χ0n) is 8.41. The molecule has 15 heavy (non-hydrogen) atoms. The predicted molar refractivity (Wildman–Crippen MR) is 45.7 cm³/mol. The fraction of sp³-hybridized carbons (Fsp3) is 0.875. The summed E-state index contributed by atoms with van der Waals surface area (Å²) in [6.07, 6.45) is -4.22. The molecule has 3 N–H and O–H groups in total. The number of hydrogen-bond donors (Lipinski definition) is 3. The molecule has 0 aromatic carbocycles. The van der Waals surface area contributed by atoms with Crippen LogP contribution in [0, 0.1) is 0 Å². The van der Waals surface area contributed by atoms with Gasteiger partial charge in [-0.3, -0.25) is 4.79 Å². The van der Waals surface area contributed by atoms with E-state index >= 15 is 0 Å². The van der Waals surface area contributed by atoms with Gasteiger partial charge in [0.05, 0.1) is 6.61 Å². The third-order valence-corrected chi connectivity index (χ3v) is 2.18. The highest BCUT2D eigenvalue weighted by atomic mass is 16.7. The molecule has 1 heterocycles. The van der Waals surface area contributed by atoms with Crippen LogP contribution >= 0.6 is 0 Å². The number of methoxy groups -OCH3 is 2. The van der Waals surface area contributed by atoms with E-state index in [4.69, 9.17) is 9.47 Å². The molecule has 0 saturated carbocycles. The molecule has 3 atom stereocenters. The van der Waals surface area contributed by atoms with Crippen LogP contribution in [0.25, 0.3) is 0 Å². The van der Waals surface area contributed by atoms with Crippen molar-refractivity contribution in [3.8, 4) is 0 Å². The molecule has 1 saturated heterocycles. The van der Waals surface area contributed by atoms with E-state index in [0.717, 1.165) is 0 Å². The molecule has 0 spiro atoms. The minimum absolute atomic E-state index is 0.0861. The SMILES string of the molecule is COC[C@H]1O[C@H](OC)C(=O)C(O)(O)[C@@H]1O. The van der Waals surface area contributed by atoms with Gasteiger partial charge in [-0.05, 0) is 0 Å². The Hall–Kier alpha value is -0.570. The van der Waals surface area contributed by atoms with Crippen molar-refractivity contribution in [3.63, 3.8) is 0 Å². The first-order valence-corrected chi connectivity index (χ1v) is 4.29. The van der Waals surface area contributed by atoms with Gasteiger partial charge in [-0.2, -0.15) is 0 Å². The first-order valence-electron chi connectivity index (χ1n) is 4.29. The summed E-state index contributed by atoms with van der Waals surface area (Å²) in [6.45, 7) is -0.0861. The average molecular weight is 222 g/mol. The summed E-state index contributed by atoms with van der Waals surface area (Å²) < 4.78 is 14.3. The van der Waals surface area contributed by atoms with Crippen LogP contribution in [0.3, 0.4) is 0 Å². The van der Waals surface area contributed by atoms with E-state index in [0.29, 0.717) is 0 Å². The van der Waals surface area contributed by atoms with Crippen molar-refractivity contribution in [2.45, 2.75) is 24.3 Å². The number of carbonyl (C=O) groups is 1. The van der Waals surface area contributed by atoms with Crippen LogP contribution in [-0.2, 0) is 19.0 Å². The van der Waals surface area contributed by atoms with Gasteiger partial charge in [0.15, 0.2) is 0 Å². The monoisotopic (exact) mass is 222 g/mol. The van der Waals surface area contributed by atoms with Crippen LogP contribution in [0.5, 0.6) is 0 Å². The van der Waals surface area contributed by atoms with Crippen molar-refractivity contribution in [2.24, 2.45) is 0 Å². The zero-order chi connectivity index (χ0) is 11.6. The predicted octanol–water partition coefficient (Wildman–Crippen LogP) is -2.38. The van der Waals surface area contributed by atoms with Gasteiger partial charge in [-0.15, -0.1) is 0 Å². The molecule has 1 fully saturated rings. The van der Waals surface area contributed by atoms with Crippen LogP contribution in [0.4, 0.5) is 0 Å². The van der Waals surface area contributed by atoms with Crippen molar-refractivity contribution in [3.05, 3.63) is 0 Å². The van der Waals surface area contributed by atoms with Crippen molar-refractivity contribution in [1.29, 1.82) is 0 Å². The Morgan fingerprint density at radius 3 is 2.53 bits per heavy atom. The van der Waals surface area contributed by atoms with E-state index in [2.05, 4.69) is 4.74 Å². The summed E-state index contributed by atoms with van der Waals surface area (Å²) in [5.74, 6) is -4.01. The highest BCUT2D eigenvalue weighted by molar-refractivity contribution is 5.89. The molecule has 1 aliphatic rings. The standard InChI is InChI=1S/C8H14O7/c1-13-3-4-5(9)8(11,12)6(10)7(14-2)15-4/h4-5,7,9,11-12H,3H2,1-2H3/t4-,5-,7+/m1/s1. The average Bonchev–Trinajstić information content (AvgIpc) is 2.20. The quantitative estimate of drug-likeness (QED) is 0.458. The second kappa shape index (κ2) is 4.52. The molecule has 0 aromatic rings. The molecular weight excluding hydrogens is 208 g/mol. The minimum Gasteiger partial charge on any atom is -0.384 e. The largest absolute Gasteiger partial charge is 0.384 e. The van der Waals surface area contributed by atoms with Gasteiger partial charge in [0.25, 0.3) is 5.79 Å². The lowest BCUT2D eigenvalue weighted by atomic mass is 9.96. The van der Waals surface area contributed by atoms with E-state index < -0.39 is 30.1 Å². The maximum absolute atomic E-state index is 11.3. The van der Waals surface area contributed by atoms with Crippen LogP contribution < -0.4 is 0 Å². The summed E-state index contributed by atoms with van der Waals surface area (Å²) in [4.78, 5) is 11.3. The van der Waals surface area contributed by atoms with Crippen LogP contribution in [-0.4, -0.2) is 66.2 Å². The Kier molecular flexibility index (Phi) is 3.77.